The number of sulfonamides is 1. The number of amides is 1. The first-order valence-corrected chi connectivity index (χ1v) is 17.0. The van der Waals surface area contributed by atoms with Crippen LogP contribution in [0.15, 0.2) is 65.3 Å². The lowest BCUT2D eigenvalue weighted by Gasteiger charge is -2.48. The molecule has 5 atom stereocenters. The quantitative estimate of drug-likeness (QED) is 0.363. The van der Waals surface area contributed by atoms with Gasteiger partial charge in [0, 0.05) is 29.1 Å². The molecule has 2 fully saturated rings. The highest BCUT2D eigenvalue weighted by molar-refractivity contribution is 7.90. The summed E-state index contributed by atoms with van der Waals surface area (Å²) >= 11 is 6.41. The van der Waals surface area contributed by atoms with Crippen LogP contribution < -0.4 is 14.4 Å². The molecule has 2 saturated carbocycles. The molecule has 0 saturated heterocycles. The Hall–Kier alpha value is -2.55. The van der Waals surface area contributed by atoms with E-state index in [2.05, 4.69) is 16.2 Å². The molecule has 2 N–H and O–H groups in total. The Kier molecular flexibility index (Phi) is 8.72. The van der Waals surface area contributed by atoms with Crippen molar-refractivity contribution in [3.8, 4) is 5.75 Å². The minimum atomic E-state index is -3.89. The monoisotopic (exact) mass is 614 g/mol. The van der Waals surface area contributed by atoms with Gasteiger partial charge < -0.3 is 14.7 Å². The standard InChI is InChI=1S/C33H43ClN2O5S/c1-5-27(34)17-24-10-8-16-33(23(24)3)20-36-19-26-11-13-28(26)32(4,38)15-7-6-9-22(2)42(39,40)35-31(37)25-12-14-30(41-21-33)29(36)18-25/h5,7,12,14-15,17-18,22,26,28,38H,3,6,8-11,13,16,19-21H2,1-2,4H3,(H,35,37)/b15-7+,24-17-,27-5+/t22-,26-,28+,32+,33-/m0/s1. The van der Waals surface area contributed by atoms with E-state index in [-0.39, 0.29) is 22.8 Å². The van der Waals surface area contributed by atoms with Crippen LogP contribution in [-0.2, 0) is 10.0 Å². The van der Waals surface area contributed by atoms with Gasteiger partial charge in [0.2, 0.25) is 10.0 Å². The number of nitrogens with one attached hydrogen (secondary N) is 1. The lowest BCUT2D eigenvalue weighted by molar-refractivity contribution is -0.0315. The van der Waals surface area contributed by atoms with Crippen LogP contribution in [0.1, 0.15) is 76.1 Å². The SMILES string of the molecule is C=C1/C(=C\C(Cl)=C/C)CCC[C@]12COc1ccc3cc1N(C[C@@H]1CC[C@H]1[C@](C)(O)/C=C/CC[C@H](C)S(=O)(=O)NC3=O)C2. The second kappa shape index (κ2) is 11.9. The summed E-state index contributed by atoms with van der Waals surface area (Å²) in [7, 11) is -3.89. The molecular formula is C33H43ClN2O5S. The van der Waals surface area contributed by atoms with Gasteiger partial charge in [-0.15, -0.1) is 0 Å². The number of halogens is 1. The summed E-state index contributed by atoms with van der Waals surface area (Å²) < 4.78 is 34.7. The van der Waals surface area contributed by atoms with E-state index < -0.39 is 26.8 Å². The van der Waals surface area contributed by atoms with Crippen molar-refractivity contribution < 1.29 is 23.1 Å². The van der Waals surface area contributed by atoms with Crippen LogP contribution in [-0.4, -0.2) is 50.0 Å². The molecular weight excluding hydrogens is 572 g/mol. The van der Waals surface area contributed by atoms with Crippen molar-refractivity contribution in [3.63, 3.8) is 0 Å². The van der Waals surface area contributed by atoms with Gasteiger partial charge in [-0.1, -0.05) is 36.4 Å². The molecule has 7 nitrogen and oxygen atoms in total. The smallest absolute Gasteiger partial charge is 0.264 e. The molecule has 5 rings (SSSR count). The van der Waals surface area contributed by atoms with Crippen LogP contribution in [0.4, 0.5) is 5.69 Å². The highest BCUT2D eigenvalue weighted by Gasteiger charge is 2.46. The zero-order chi connectivity index (χ0) is 30.3. The van der Waals surface area contributed by atoms with Gasteiger partial charge in [0.25, 0.3) is 5.91 Å². The average molecular weight is 615 g/mol. The van der Waals surface area contributed by atoms with Gasteiger partial charge in [0.15, 0.2) is 0 Å². The van der Waals surface area contributed by atoms with E-state index in [0.717, 1.165) is 48.9 Å². The Balaban J connectivity index is 1.57. The molecule has 2 bridgehead atoms. The molecule has 228 valence electrons. The maximum Gasteiger partial charge on any atom is 0.264 e. The predicted octanol–water partition coefficient (Wildman–Crippen LogP) is 6.26. The third-order valence-electron chi connectivity index (χ3n) is 9.86. The topological polar surface area (TPSA) is 95.9 Å². The third-order valence-corrected chi connectivity index (χ3v) is 12.0. The van der Waals surface area contributed by atoms with Gasteiger partial charge in [-0.3, -0.25) is 4.79 Å². The highest BCUT2D eigenvalue weighted by atomic mass is 35.5. The van der Waals surface area contributed by atoms with Gasteiger partial charge >= 0.3 is 0 Å². The minimum absolute atomic E-state index is 0.0661. The molecule has 1 spiro atoms. The van der Waals surface area contributed by atoms with E-state index in [1.54, 1.807) is 25.1 Å². The molecule has 0 radical (unpaired) electrons. The molecule has 42 heavy (non-hydrogen) atoms. The number of benzene rings is 1. The predicted molar refractivity (Wildman–Crippen MR) is 168 cm³/mol. The van der Waals surface area contributed by atoms with E-state index in [0.29, 0.717) is 43.3 Å². The van der Waals surface area contributed by atoms with Crippen LogP contribution >= 0.6 is 11.6 Å². The summed E-state index contributed by atoms with van der Waals surface area (Å²) in [6.07, 6.45) is 13.1. The van der Waals surface area contributed by atoms with Crippen LogP contribution in [0, 0.1) is 17.3 Å². The number of allylic oxidation sites excluding steroid dienone is 5. The summed E-state index contributed by atoms with van der Waals surface area (Å²) in [6, 6.07) is 5.15. The maximum atomic E-state index is 13.2. The zero-order valence-electron chi connectivity index (χ0n) is 24.9. The summed E-state index contributed by atoms with van der Waals surface area (Å²) in [4.78, 5) is 15.5. The molecule has 1 aromatic carbocycles. The maximum absolute atomic E-state index is 13.2. The number of carbonyl (C=O) groups is 1. The summed E-state index contributed by atoms with van der Waals surface area (Å²) in [5.41, 5.74) is 1.80. The summed E-state index contributed by atoms with van der Waals surface area (Å²) in [6.45, 7) is 11.7. The Morgan fingerprint density at radius 2 is 2.07 bits per heavy atom. The van der Waals surface area contributed by atoms with Crippen LogP contribution in [0.5, 0.6) is 5.75 Å². The Labute approximate surface area is 255 Å². The van der Waals surface area contributed by atoms with E-state index in [4.69, 9.17) is 16.3 Å². The van der Waals surface area contributed by atoms with Crippen molar-refractivity contribution in [2.45, 2.75) is 76.6 Å². The van der Waals surface area contributed by atoms with E-state index in [1.165, 1.54) is 0 Å². The zero-order valence-corrected chi connectivity index (χ0v) is 26.4. The number of carbonyl (C=O) groups excluding carboxylic acids is 1. The van der Waals surface area contributed by atoms with Crippen molar-refractivity contribution in [2.75, 3.05) is 24.6 Å². The lowest BCUT2D eigenvalue weighted by Crippen LogP contribution is -2.50. The van der Waals surface area contributed by atoms with Crippen molar-refractivity contribution >= 4 is 33.2 Å². The second-order valence-electron chi connectivity index (χ2n) is 12.7. The van der Waals surface area contributed by atoms with Gasteiger partial charge in [-0.05, 0) is 113 Å². The van der Waals surface area contributed by atoms with Gasteiger partial charge in [-0.25, -0.2) is 13.1 Å². The van der Waals surface area contributed by atoms with Gasteiger partial charge in [-0.2, -0.15) is 0 Å². The Bertz CT molecular complexity index is 1450. The number of ether oxygens (including phenoxy) is 1. The first-order chi connectivity index (χ1) is 19.8. The van der Waals surface area contributed by atoms with Gasteiger partial charge in [0.05, 0.1) is 23.1 Å². The minimum Gasteiger partial charge on any atom is -0.490 e. The third kappa shape index (κ3) is 6.08. The molecule has 0 unspecified atom stereocenters. The highest BCUT2D eigenvalue weighted by Crippen LogP contribution is 2.50. The van der Waals surface area contributed by atoms with E-state index in [1.807, 2.05) is 38.2 Å². The number of anilines is 1. The summed E-state index contributed by atoms with van der Waals surface area (Å²) in [5.74, 6) is 0.306. The first kappa shape index (κ1) is 30.9. The second-order valence-corrected chi connectivity index (χ2v) is 15.3. The molecule has 2 aliphatic carbocycles. The van der Waals surface area contributed by atoms with Crippen molar-refractivity contribution in [1.29, 1.82) is 0 Å². The lowest BCUT2D eigenvalue weighted by atomic mass is 9.64. The largest absolute Gasteiger partial charge is 0.490 e. The molecule has 9 heteroatoms. The Morgan fingerprint density at radius 1 is 1.29 bits per heavy atom. The van der Waals surface area contributed by atoms with Crippen LogP contribution in [0.3, 0.4) is 0 Å². The number of aliphatic hydroxyl groups is 1. The number of hydrogen-bond donors (Lipinski definition) is 2. The molecule has 0 aromatic heterocycles. The first-order valence-electron chi connectivity index (χ1n) is 15.1. The number of fused-ring (bicyclic) bond motifs is 2. The van der Waals surface area contributed by atoms with E-state index >= 15 is 0 Å². The fourth-order valence-electron chi connectivity index (χ4n) is 6.97. The average Bonchev–Trinajstić information content (AvgIpc) is 3.07. The summed E-state index contributed by atoms with van der Waals surface area (Å²) in [5, 5.41) is 11.4. The van der Waals surface area contributed by atoms with Crippen molar-refractivity contribution in [1.82, 2.24) is 4.72 Å². The molecule has 1 amide bonds. The normalized spacial score (nSPS) is 35.5. The molecule has 4 aliphatic rings. The number of rotatable bonds is 1. The van der Waals surface area contributed by atoms with Crippen molar-refractivity contribution in [2.24, 2.45) is 17.3 Å². The number of hydrogen-bond acceptors (Lipinski definition) is 6. The Morgan fingerprint density at radius 3 is 2.79 bits per heavy atom. The van der Waals surface area contributed by atoms with Crippen molar-refractivity contribution in [3.05, 3.63) is 70.8 Å². The molecule has 1 aromatic rings. The molecule has 2 heterocycles. The van der Waals surface area contributed by atoms with Crippen LogP contribution in [0.2, 0.25) is 0 Å². The van der Waals surface area contributed by atoms with Crippen LogP contribution in [0.25, 0.3) is 0 Å². The fourth-order valence-corrected chi connectivity index (χ4v) is 8.12. The van der Waals surface area contributed by atoms with E-state index in [9.17, 15) is 18.3 Å². The van der Waals surface area contributed by atoms with Gasteiger partial charge in [0.1, 0.15) is 5.75 Å². The number of nitrogens with zero attached hydrogens (tertiary/aromatic N) is 1. The fraction of sp³-hybridized carbons (Fsp3) is 0.545. The molecule has 2 aliphatic heterocycles.